The van der Waals surface area contributed by atoms with Crippen LogP contribution >= 0.6 is 0 Å². The van der Waals surface area contributed by atoms with Gasteiger partial charge in [0, 0.05) is 0 Å². The number of aliphatic hydroxyl groups excluding tert-OH is 3. The predicted octanol–water partition coefficient (Wildman–Crippen LogP) is -3.45. The van der Waals surface area contributed by atoms with Crippen LogP contribution < -0.4 is 5.32 Å². The van der Waals surface area contributed by atoms with Crippen LogP contribution in [0.5, 0.6) is 0 Å². The second-order valence-corrected chi connectivity index (χ2v) is 4.04. The van der Waals surface area contributed by atoms with Crippen LogP contribution in [0, 0.1) is 0 Å². The molecular formula is C9H12N2O7. The van der Waals surface area contributed by atoms with Crippen LogP contribution in [0.3, 0.4) is 0 Å². The molecule has 2 heterocycles. The summed E-state index contributed by atoms with van der Waals surface area (Å²) in [5.74, 6) is -1.88. The van der Waals surface area contributed by atoms with Gasteiger partial charge in [0.05, 0.1) is 13.2 Å². The molecule has 0 unspecified atom stereocenters. The third-order valence-electron chi connectivity index (χ3n) is 2.87. The smallest absolute Gasteiger partial charge is 0.326 e. The van der Waals surface area contributed by atoms with Gasteiger partial charge in [-0.2, -0.15) is 0 Å². The first-order valence-corrected chi connectivity index (χ1v) is 5.23. The van der Waals surface area contributed by atoms with Crippen molar-refractivity contribution < 1.29 is 34.4 Å². The molecule has 0 spiro atoms. The van der Waals surface area contributed by atoms with E-state index in [4.69, 9.17) is 9.84 Å². The maximum atomic E-state index is 11.5. The van der Waals surface area contributed by atoms with Crippen LogP contribution in [0.25, 0.3) is 0 Å². The fraction of sp³-hybridized carbons (Fsp3) is 0.667. The summed E-state index contributed by atoms with van der Waals surface area (Å²) in [6, 6.07) is -0.894. The van der Waals surface area contributed by atoms with Crippen molar-refractivity contribution in [3.63, 3.8) is 0 Å². The predicted molar refractivity (Wildman–Crippen MR) is 53.0 cm³/mol. The average Bonchev–Trinajstić information content (AvgIpc) is 2.61. The van der Waals surface area contributed by atoms with Gasteiger partial charge in [0.15, 0.2) is 6.23 Å². The van der Waals surface area contributed by atoms with Gasteiger partial charge in [0.1, 0.15) is 18.3 Å². The van der Waals surface area contributed by atoms with E-state index in [2.05, 4.69) is 0 Å². The van der Waals surface area contributed by atoms with Crippen molar-refractivity contribution in [2.24, 2.45) is 0 Å². The van der Waals surface area contributed by atoms with E-state index in [9.17, 15) is 24.6 Å². The van der Waals surface area contributed by atoms with Crippen molar-refractivity contribution in [2.45, 2.75) is 24.5 Å². The van der Waals surface area contributed by atoms with E-state index in [1.807, 2.05) is 0 Å². The first kappa shape index (κ1) is 12.9. The largest absolute Gasteiger partial charge is 0.394 e. The van der Waals surface area contributed by atoms with Gasteiger partial charge < -0.3 is 20.1 Å². The Labute approximate surface area is 101 Å². The first-order valence-electron chi connectivity index (χ1n) is 5.23. The Hall–Kier alpha value is -1.55. The van der Waals surface area contributed by atoms with Gasteiger partial charge in [0.2, 0.25) is 5.78 Å². The molecule has 9 nitrogen and oxygen atoms in total. The van der Waals surface area contributed by atoms with Gasteiger partial charge in [-0.05, 0) is 0 Å². The minimum Gasteiger partial charge on any atom is -0.394 e. The van der Waals surface area contributed by atoms with Crippen molar-refractivity contribution in [1.29, 1.82) is 0 Å². The quantitative estimate of drug-likeness (QED) is 0.379. The van der Waals surface area contributed by atoms with Crippen molar-refractivity contribution in [3.8, 4) is 0 Å². The number of imide groups is 1. The summed E-state index contributed by atoms with van der Waals surface area (Å²) in [7, 11) is 0. The molecule has 0 aromatic carbocycles. The molecule has 0 radical (unpaired) electrons. The Bertz CT molecular complexity index is 398. The summed E-state index contributed by atoms with van der Waals surface area (Å²) in [4.78, 5) is 34.4. The zero-order chi connectivity index (χ0) is 13.4. The number of ketones is 1. The van der Waals surface area contributed by atoms with Crippen molar-refractivity contribution >= 4 is 17.7 Å². The highest BCUT2D eigenvalue weighted by molar-refractivity contribution is 6.41. The fourth-order valence-corrected chi connectivity index (χ4v) is 1.88. The Balaban J connectivity index is 2.14. The third-order valence-corrected chi connectivity index (χ3v) is 2.87. The molecule has 18 heavy (non-hydrogen) atoms. The summed E-state index contributed by atoms with van der Waals surface area (Å²) in [6.07, 6.45) is -5.17. The number of ether oxygens (including phenoxy) is 1. The van der Waals surface area contributed by atoms with Crippen LogP contribution in [-0.4, -0.2) is 75.6 Å². The molecule has 2 aliphatic heterocycles. The molecule has 0 aromatic heterocycles. The maximum absolute atomic E-state index is 11.5. The number of Topliss-reactive ketones (excluding diaryl/α,β-unsaturated/α-hetero) is 1. The number of amides is 3. The van der Waals surface area contributed by atoms with Crippen molar-refractivity contribution in [2.75, 3.05) is 13.2 Å². The lowest BCUT2D eigenvalue weighted by Crippen LogP contribution is -2.60. The van der Waals surface area contributed by atoms with E-state index in [-0.39, 0.29) is 0 Å². The van der Waals surface area contributed by atoms with E-state index in [1.54, 1.807) is 5.32 Å². The molecule has 4 N–H and O–H groups in total. The van der Waals surface area contributed by atoms with E-state index in [1.165, 1.54) is 0 Å². The van der Waals surface area contributed by atoms with E-state index in [0.717, 1.165) is 4.90 Å². The molecule has 2 rings (SSSR count). The fourth-order valence-electron chi connectivity index (χ4n) is 1.88. The van der Waals surface area contributed by atoms with Gasteiger partial charge in [0.25, 0.3) is 5.91 Å². The average molecular weight is 260 g/mol. The van der Waals surface area contributed by atoms with Gasteiger partial charge >= 0.3 is 6.03 Å². The number of carbonyl (C=O) groups excluding carboxylic acids is 3. The molecule has 0 saturated carbocycles. The molecule has 0 aliphatic carbocycles. The van der Waals surface area contributed by atoms with Crippen LogP contribution in [0.4, 0.5) is 4.79 Å². The van der Waals surface area contributed by atoms with E-state index in [0.29, 0.717) is 0 Å². The third kappa shape index (κ3) is 1.97. The van der Waals surface area contributed by atoms with Gasteiger partial charge in [-0.3, -0.25) is 19.8 Å². The molecule has 2 aliphatic rings. The molecular weight excluding hydrogens is 248 g/mol. The highest BCUT2D eigenvalue weighted by atomic mass is 16.6. The highest BCUT2D eigenvalue weighted by Gasteiger charge is 2.48. The summed E-state index contributed by atoms with van der Waals surface area (Å²) in [5, 5.41) is 29.9. The summed E-state index contributed by atoms with van der Waals surface area (Å²) in [6.45, 7) is -1.09. The number of carbonyl (C=O) groups is 3. The number of urea groups is 1. The van der Waals surface area contributed by atoms with Crippen LogP contribution in [-0.2, 0) is 14.3 Å². The standard InChI is InChI=1S/C9H12N2O7/c12-2-4-5(14)6(15)8(18-4)11-1-3(13)7(16)10-9(11)17/h4-6,8,12,14-15H,1-2H2,(H,10,16,17)/t4-,5+,6-,8+/m0/s1. The second kappa shape index (κ2) is 4.61. The molecule has 2 saturated heterocycles. The number of rotatable bonds is 2. The number of hydrogen-bond acceptors (Lipinski definition) is 7. The second-order valence-electron chi connectivity index (χ2n) is 4.04. The van der Waals surface area contributed by atoms with Gasteiger partial charge in [-0.25, -0.2) is 4.79 Å². The monoisotopic (exact) mass is 260 g/mol. The number of nitrogens with zero attached hydrogens (tertiary/aromatic N) is 1. The molecule has 9 heteroatoms. The summed E-state index contributed by atoms with van der Waals surface area (Å²) < 4.78 is 5.08. The Morgan fingerprint density at radius 3 is 2.50 bits per heavy atom. The van der Waals surface area contributed by atoms with Crippen LogP contribution in [0.1, 0.15) is 0 Å². The SMILES string of the molecule is O=C1CN([C@@H]2O[C@@H](CO)[C@@H](O)[C@@H]2O)C(=O)NC1=O. The lowest BCUT2D eigenvalue weighted by Gasteiger charge is -2.31. The van der Waals surface area contributed by atoms with E-state index >= 15 is 0 Å². The normalized spacial score (nSPS) is 37.1. The zero-order valence-corrected chi connectivity index (χ0v) is 9.15. The first-order chi connectivity index (χ1) is 8.45. The highest BCUT2D eigenvalue weighted by Crippen LogP contribution is 2.24. The van der Waals surface area contributed by atoms with Crippen LogP contribution in [0.15, 0.2) is 0 Å². The Morgan fingerprint density at radius 1 is 1.28 bits per heavy atom. The Morgan fingerprint density at radius 2 is 1.94 bits per heavy atom. The van der Waals surface area contributed by atoms with Crippen molar-refractivity contribution in [1.82, 2.24) is 10.2 Å². The molecule has 0 bridgehead atoms. The number of aliphatic hydroxyl groups is 3. The van der Waals surface area contributed by atoms with Crippen LogP contribution in [0.2, 0.25) is 0 Å². The summed E-state index contributed by atoms with van der Waals surface area (Å²) >= 11 is 0. The molecule has 4 atom stereocenters. The van der Waals surface area contributed by atoms with Crippen molar-refractivity contribution in [3.05, 3.63) is 0 Å². The topological polar surface area (TPSA) is 136 Å². The van der Waals surface area contributed by atoms with Gasteiger partial charge in [-0.15, -0.1) is 0 Å². The zero-order valence-electron chi connectivity index (χ0n) is 9.15. The maximum Gasteiger partial charge on any atom is 0.326 e. The minimum atomic E-state index is -1.46. The number of hydrogen-bond donors (Lipinski definition) is 4. The molecule has 2 fully saturated rings. The van der Waals surface area contributed by atoms with Gasteiger partial charge in [-0.1, -0.05) is 0 Å². The minimum absolute atomic E-state index is 0.544. The molecule has 0 aromatic rings. The number of nitrogens with one attached hydrogen (secondary N) is 1. The van der Waals surface area contributed by atoms with E-state index < -0.39 is 55.4 Å². The lowest BCUT2D eigenvalue weighted by atomic mass is 10.1. The lowest BCUT2D eigenvalue weighted by molar-refractivity contribution is -0.143. The molecule has 100 valence electrons. The summed E-state index contributed by atoms with van der Waals surface area (Å²) in [5.41, 5.74) is 0. The Kier molecular flexibility index (Phi) is 3.30. The molecule has 3 amide bonds.